The Hall–Kier alpha value is -2.96. The third kappa shape index (κ3) is 5.84. The van der Waals surface area contributed by atoms with Crippen molar-refractivity contribution in [2.45, 2.75) is 44.0 Å². The van der Waals surface area contributed by atoms with E-state index >= 15 is 0 Å². The lowest BCUT2D eigenvalue weighted by Gasteiger charge is -2.30. The number of nitriles is 1. The number of hydrogen-bond acceptors (Lipinski definition) is 6. The molecule has 32 heavy (non-hydrogen) atoms. The van der Waals surface area contributed by atoms with E-state index in [1.54, 1.807) is 12.3 Å². The highest BCUT2D eigenvalue weighted by Crippen LogP contribution is 2.24. The number of hydrogen-bond donors (Lipinski definition) is 1. The lowest BCUT2D eigenvalue weighted by molar-refractivity contribution is -0.126. The molecule has 8 nitrogen and oxygen atoms in total. The highest BCUT2D eigenvalue weighted by Gasteiger charge is 2.32. The monoisotopic (exact) mass is 456 g/mol. The van der Waals surface area contributed by atoms with Crippen LogP contribution in [0.4, 0.5) is 0 Å². The summed E-state index contributed by atoms with van der Waals surface area (Å²) in [5.74, 6) is 0.192. The van der Waals surface area contributed by atoms with Crippen LogP contribution < -0.4 is 10.1 Å². The Morgan fingerprint density at radius 1 is 1.25 bits per heavy atom. The Morgan fingerprint density at radius 2 is 1.97 bits per heavy atom. The van der Waals surface area contributed by atoms with E-state index in [4.69, 9.17) is 10.00 Å². The van der Waals surface area contributed by atoms with E-state index in [0.717, 1.165) is 18.4 Å². The Morgan fingerprint density at radius 3 is 2.62 bits per heavy atom. The molecule has 1 amide bonds. The van der Waals surface area contributed by atoms with Crippen molar-refractivity contribution in [3.05, 3.63) is 53.7 Å². The molecule has 0 atom stereocenters. The number of benzene rings is 1. The van der Waals surface area contributed by atoms with Crippen molar-refractivity contribution < 1.29 is 17.9 Å². The molecule has 1 N–H and O–H groups in total. The fraction of sp³-hybridized carbons (Fsp3) is 0.435. The second-order valence-electron chi connectivity index (χ2n) is 7.70. The van der Waals surface area contributed by atoms with Crippen LogP contribution in [-0.4, -0.2) is 43.3 Å². The summed E-state index contributed by atoms with van der Waals surface area (Å²) in [5, 5.41) is 11.8. The summed E-state index contributed by atoms with van der Waals surface area (Å²) in [7, 11) is -3.64. The predicted octanol–water partition coefficient (Wildman–Crippen LogP) is 2.85. The lowest BCUT2D eigenvalue weighted by atomic mass is 9.97. The van der Waals surface area contributed by atoms with Crippen molar-refractivity contribution >= 4 is 15.9 Å². The van der Waals surface area contributed by atoms with Gasteiger partial charge >= 0.3 is 0 Å². The fourth-order valence-corrected chi connectivity index (χ4v) is 5.01. The van der Waals surface area contributed by atoms with Gasteiger partial charge in [0.1, 0.15) is 0 Å². The zero-order chi connectivity index (χ0) is 23.0. The molecule has 2 heterocycles. The minimum Gasteiger partial charge on any atom is -0.477 e. The number of nitrogens with one attached hydrogen (secondary N) is 1. The highest BCUT2D eigenvalue weighted by atomic mass is 32.2. The van der Waals surface area contributed by atoms with Gasteiger partial charge in [-0.3, -0.25) is 4.79 Å². The second-order valence-corrected chi connectivity index (χ2v) is 9.64. The van der Waals surface area contributed by atoms with E-state index in [0.29, 0.717) is 37.4 Å². The number of unbranched alkanes of at least 4 members (excludes halogenated alkanes) is 1. The van der Waals surface area contributed by atoms with Crippen LogP contribution in [-0.2, 0) is 21.4 Å². The zero-order valence-corrected chi connectivity index (χ0v) is 19.0. The van der Waals surface area contributed by atoms with Crippen LogP contribution in [0.2, 0.25) is 0 Å². The molecule has 1 aromatic carbocycles. The Kier molecular flexibility index (Phi) is 8.20. The van der Waals surface area contributed by atoms with Gasteiger partial charge in [0.05, 0.1) is 23.1 Å². The van der Waals surface area contributed by atoms with Gasteiger partial charge in [-0.15, -0.1) is 0 Å². The van der Waals surface area contributed by atoms with E-state index in [2.05, 4.69) is 17.2 Å². The first kappa shape index (κ1) is 23.7. The first-order valence-electron chi connectivity index (χ1n) is 10.8. The molecule has 0 aliphatic carbocycles. The van der Waals surface area contributed by atoms with Crippen LogP contribution in [0.1, 0.15) is 43.7 Å². The Bertz CT molecular complexity index is 1060. The molecule has 9 heteroatoms. The minimum absolute atomic E-state index is 0.0937. The van der Waals surface area contributed by atoms with Gasteiger partial charge in [0.2, 0.25) is 21.8 Å². The summed E-state index contributed by atoms with van der Waals surface area (Å²) < 4.78 is 32.8. The summed E-state index contributed by atoms with van der Waals surface area (Å²) in [6, 6.07) is 11.5. The van der Waals surface area contributed by atoms with Gasteiger partial charge in [-0.25, -0.2) is 13.4 Å². The van der Waals surface area contributed by atoms with Crippen molar-refractivity contribution in [2.75, 3.05) is 19.7 Å². The van der Waals surface area contributed by atoms with E-state index in [9.17, 15) is 13.2 Å². The van der Waals surface area contributed by atoms with E-state index in [1.165, 1.54) is 28.6 Å². The third-order valence-electron chi connectivity index (χ3n) is 5.49. The maximum Gasteiger partial charge on any atom is 0.243 e. The van der Waals surface area contributed by atoms with Crippen molar-refractivity contribution in [1.82, 2.24) is 14.6 Å². The number of nitrogens with zero attached hydrogens (tertiary/aromatic N) is 3. The molecule has 1 fully saturated rings. The minimum atomic E-state index is -3.64. The quantitative estimate of drug-likeness (QED) is 0.581. The number of piperidine rings is 1. The molecule has 3 rings (SSSR count). The van der Waals surface area contributed by atoms with Gasteiger partial charge in [-0.1, -0.05) is 19.4 Å². The second kappa shape index (κ2) is 11.1. The molecule has 170 valence electrons. The number of carbonyl (C=O) groups is 1. The van der Waals surface area contributed by atoms with Crippen molar-refractivity contribution in [3.8, 4) is 11.9 Å². The van der Waals surface area contributed by atoms with Crippen LogP contribution in [0, 0.1) is 17.2 Å². The normalized spacial score (nSPS) is 15.1. The fourth-order valence-electron chi connectivity index (χ4n) is 3.54. The SMILES string of the molecule is CCCCOc1ncccc1CNC(=O)C1CCN(S(=O)(=O)c2ccc(C#N)cc2)CC1. The summed E-state index contributed by atoms with van der Waals surface area (Å²) in [4.78, 5) is 17.1. The molecular weight excluding hydrogens is 428 g/mol. The third-order valence-corrected chi connectivity index (χ3v) is 7.40. The summed E-state index contributed by atoms with van der Waals surface area (Å²) in [5.41, 5.74) is 1.23. The molecule has 2 aromatic rings. The van der Waals surface area contributed by atoms with E-state index in [-0.39, 0.29) is 29.8 Å². The number of ether oxygens (including phenoxy) is 1. The van der Waals surface area contributed by atoms with Gasteiger partial charge in [-0.05, 0) is 49.6 Å². The molecule has 0 radical (unpaired) electrons. The first-order chi connectivity index (χ1) is 15.5. The van der Waals surface area contributed by atoms with Crippen LogP contribution in [0.5, 0.6) is 5.88 Å². The Labute approximate surface area is 189 Å². The number of amides is 1. The maximum absolute atomic E-state index is 12.8. The van der Waals surface area contributed by atoms with Gasteiger partial charge in [0.25, 0.3) is 0 Å². The summed E-state index contributed by atoms with van der Waals surface area (Å²) >= 11 is 0. The summed E-state index contributed by atoms with van der Waals surface area (Å²) in [6.07, 6.45) is 4.53. The van der Waals surface area contributed by atoms with Crippen LogP contribution in [0.25, 0.3) is 0 Å². The van der Waals surface area contributed by atoms with Crippen molar-refractivity contribution in [1.29, 1.82) is 5.26 Å². The van der Waals surface area contributed by atoms with Gasteiger partial charge < -0.3 is 10.1 Å². The molecule has 0 saturated carbocycles. The van der Waals surface area contributed by atoms with Crippen molar-refractivity contribution in [2.24, 2.45) is 5.92 Å². The van der Waals surface area contributed by atoms with E-state index in [1.807, 2.05) is 12.1 Å². The highest BCUT2D eigenvalue weighted by molar-refractivity contribution is 7.89. The molecule has 0 bridgehead atoms. The molecular formula is C23H28N4O4S. The molecule has 1 aromatic heterocycles. The van der Waals surface area contributed by atoms with E-state index < -0.39 is 10.0 Å². The maximum atomic E-state index is 12.8. The van der Waals surface area contributed by atoms with Crippen LogP contribution in [0.3, 0.4) is 0 Å². The standard InChI is InChI=1S/C23H28N4O4S/c1-2-3-15-31-23-20(5-4-12-25-23)17-26-22(28)19-10-13-27(14-11-19)32(29,30)21-8-6-18(16-24)7-9-21/h4-9,12,19H,2-3,10-11,13-15,17H2,1H3,(H,26,28). The predicted molar refractivity (Wildman–Crippen MR) is 119 cm³/mol. The molecule has 1 aliphatic heterocycles. The number of carbonyl (C=O) groups excluding carboxylic acids is 1. The number of sulfonamides is 1. The van der Waals surface area contributed by atoms with Crippen molar-refractivity contribution in [3.63, 3.8) is 0 Å². The van der Waals surface area contributed by atoms with Gasteiger partial charge in [-0.2, -0.15) is 9.57 Å². The van der Waals surface area contributed by atoms with Crippen LogP contribution in [0.15, 0.2) is 47.5 Å². The molecule has 1 saturated heterocycles. The Balaban J connectivity index is 1.53. The average Bonchev–Trinajstić information content (AvgIpc) is 2.83. The number of rotatable bonds is 9. The topological polar surface area (TPSA) is 112 Å². The molecule has 0 spiro atoms. The smallest absolute Gasteiger partial charge is 0.243 e. The summed E-state index contributed by atoms with van der Waals surface area (Å²) in [6.45, 7) is 3.54. The molecule has 0 unspecified atom stereocenters. The first-order valence-corrected chi connectivity index (χ1v) is 12.2. The lowest BCUT2D eigenvalue weighted by Crippen LogP contribution is -2.42. The number of aromatic nitrogens is 1. The average molecular weight is 457 g/mol. The largest absolute Gasteiger partial charge is 0.477 e. The molecule has 1 aliphatic rings. The van der Waals surface area contributed by atoms with Crippen LogP contribution >= 0.6 is 0 Å². The van der Waals surface area contributed by atoms with Gasteiger partial charge in [0.15, 0.2) is 0 Å². The number of pyridine rings is 1. The van der Waals surface area contributed by atoms with Gasteiger partial charge in [0, 0.05) is 37.3 Å². The zero-order valence-electron chi connectivity index (χ0n) is 18.2.